The van der Waals surface area contributed by atoms with Gasteiger partial charge in [-0.2, -0.15) is 0 Å². The van der Waals surface area contributed by atoms with Crippen LogP contribution in [0.3, 0.4) is 0 Å². The van der Waals surface area contributed by atoms with Crippen molar-refractivity contribution < 1.29 is 9.59 Å². The number of carbonyl (C=O) groups is 2. The van der Waals surface area contributed by atoms with Gasteiger partial charge in [0.2, 0.25) is 0 Å². The molecule has 5 rings (SSSR count). The van der Waals surface area contributed by atoms with Gasteiger partial charge in [0.1, 0.15) is 11.6 Å². The van der Waals surface area contributed by atoms with Gasteiger partial charge in [0, 0.05) is 56.2 Å². The van der Waals surface area contributed by atoms with Crippen LogP contribution in [-0.2, 0) is 13.0 Å². The molecule has 0 radical (unpaired) electrons. The lowest BCUT2D eigenvalue weighted by Crippen LogP contribution is -2.33. The second-order valence-electron chi connectivity index (χ2n) is 8.14. The Bertz CT molecular complexity index is 1080. The summed E-state index contributed by atoms with van der Waals surface area (Å²) in [7, 11) is 0. The molecular formula is C24H25N5O2. The highest BCUT2D eigenvalue weighted by atomic mass is 16.2. The number of benzene rings is 2. The molecular weight excluding hydrogens is 390 g/mol. The Labute approximate surface area is 181 Å². The van der Waals surface area contributed by atoms with Gasteiger partial charge in [-0.3, -0.25) is 9.59 Å². The molecule has 0 N–H and O–H groups in total. The fourth-order valence-electron chi connectivity index (χ4n) is 4.53. The molecule has 2 aliphatic rings. The molecule has 0 aliphatic carbocycles. The van der Waals surface area contributed by atoms with Gasteiger partial charge in [0.15, 0.2) is 0 Å². The highest BCUT2D eigenvalue weighted by Gasteiger charge is 2.33. The van der Waals surface area contributed by atoms with Gasteiger partial charge in [0.05, 0.1) is 0 Å². The van der Waals surface area contributed by atoms with Gasteiger partial charge < -0.3 is 14.4 Å². The summed E-state index contributed by atoms with van der Waals surface area (Å²) in [6.45, 7) is 3.32. The molecule has 0 bridgehead atoms. The Balaban J connectivity index is 1.28. The third-order valence-electron chi connectivity index (χ3n) is 6.22. The van der Waals surface area contributed by atoms with E-state index in [-0.39, 0.29) is 17.7 Å². The third-order valence-corrected chi connectivity index (χ3v) is 6.22. The molecule has 1 aromatic heterocycles. The third kappa shape index (κ3) is 3.83. The molecule has 2 amide bonds. The van der Waals surface area contributed by atoms with E-state index >= 15 is 0 Å². The van der Waals surface area contributed by atoms with E-state index in [0.717, 1.165) is 30.2 Å². The van der Waals surface area contributed by atoms with Gasteiger partial charge in [-0.15, -0.1) is 10.2 Å². The van der Waals surface area contributed by atoms with E-state index in [1.807, 2.05) is 70.5 Å². The molecule has 1 atom stereocenters. The van der Waals surface area contributed by atoms with Crippen molar-refractivity contribution in [3.05, 3.63) is 83.4 Å². The van der Waals surface area contributed by atoms with E-state index < -0.39 is 0 Å². The molecule has 7 heteroatoms. The van der Waals surface area contributed by atoms with Crippen LogP contribution in [0, 0.1) is 0 Å². The summed E-state index contributed by atoms with van der Waals surface area (Å²) in [4.78, 5) is 29.5. The van der Waals surface area contributed by atoms with Crippen LogP contribution in [-0.4, -0.2) is 62.6 Å². The van der Waals surface area contributed by atoms with Crippen LogP contribution in [0.25, 0.3) is 0 Å². The fraction of sp³-hybridized carbons (Fsp3) is 0.333. The Morgan fingerprint density at radius 3 is 2.06 bits per heavy atom. The van der Waals surface area contributed by atoms with E-state index in [0.29, 0.717) is 38.2 Å². The average Bonchev–Trinajstić information content (AvgIpc) is 3.41. The van der Waals surface area contributed by atoms with Crippen molar-refractivity contribution in [3.8, 4) is 0 Å². The van der Waals surface area contributed by atoms with Crippen molar-refractivity contribution in [2.45, 2.75) is 25.3 Å². The molecule has 1 saturated heterocycles. The zero-order valence-electron chi connectivity index (χ0n) is 17.4. The second-order valence-corrected chi connectivity index (χ2v) is 8.14. The smallest absolute Gasteiger partial charge is 0.253 e. The number of aromatic nitrogens is 3. The van der Waals surface area contributed by atoms with Crippen LogP contribution in [0.15, 0.2) is 60.7 Å². The molecule has 3 heterocycles. The maximum atomic E-state index is 12.9. The van der Waals surface area contributed by atoms with Gasteiger partial charge in [-0.25, -0.2) is 0 Å². The lowest BCUT2D eigenvalue weighted by Gasteiger charge is -2.20. The number of hydrogen-bond acceptors (Lipinski definition) is 4. The van der Waals surface area contributed by atoms with Crippen LogP contribution in [0.1, 0.15) is 44.7 Å². The second kappa shape index (κ2) is 8.34. The predicted octanol–water partition coefficient (Wildman–Crippen LogP) is 2.61. The fourth-order valence-corrected chi connectivity index (χ4v) is 4.53. The van der Waals surface area contributed by atoms with Crippen molar-refractivity contribution in [2.24, 2.45) is 0 Å². The largest absolute Gasteiger partial charge is 0.338 e. The van der Waals surface area contributed by atoms with Crippen LogP contribution in [0.5, 0.6) is 0 Å². The first-order valence-corrected chi connectivity index (χ1v) is 10.8. The van der Waals surface area contributed by atoms with Gasteiger partial charge in [-0.05, 0) is 30.7 Å². The first-order valence-electron chi connectivity index (χ1n) is 10.8. The van der Waals surface area contributed by atoms with Crippen molar-refractivity contribution in [1.82, 2.24) is 24.6 Å². The van der Waals surface area contributed by atoms with Gasteiger partial charge >= 0.3 is 0 Å². The Morgan fingerprint density at radius 1 is 0.742 bits per heavy atom. The van der Waals surface area contributed by atoms with Crippen molar-refractivity contribution in [1.29, 1.82) is 0 Å². The van der Waals surface area contributed by atoms with E-state index in [1.54, 1.807) is 0 Å². The summed E-state index contributed by atoms with van der Waals surface area (Å²) in [5.41, 5.74) is 1.43. The van der Waals surface area contributed by atoms with E-state index in [1.165, 1.54) is 0 Å². The number of rotatable bonds is 3. The molecule has 2 aromatic carbocycles. The number of carbonyl (C=O) groups excluding carboxylic acids is 2. The topological polar surface area (TPSA) is 71.3 Å². The predicted molar refractivity (Wildman–Crippen MR) is 116 cm³/mol. The number of fused-ring (bicyclic) bond motifs is 1. The molecule has 2 aliphatic heterocycles. The molecule has 1 unspecified atom stereocenters. The molecule has 3 aromatic rings. The molecule has 0 spiro atoms. The number of hydrogen-bond donors (Lipinski definition) is 0. The average molecular weight is 415 g/mol. The van der Waals surface area contributed by atoms with E-state index in [4.69, 9.17) is 0 Å². The summed E-state index contributed by atoms with van der Waals surface area (Å²) < 4.78 is 2.17. The number of likely N-dealkylation sites (tertiary alicyclic amines) is 1. The minimum atomic E-state index is 0.0568. The van der Waals surface area contributed by atoms with Crippen molar-refractivity contribution in [3.63, 3.8) is 0 Å². The summed E-state index contributed by atoms with van der Waals surface area (Å²) in [5, 5.41) is 8.92. The summed E-state index contributed by atoms with van der Waals surface area (Å²) in [6.07, 6.45) is 1.56. The molecule has 0 saturated carbocycles. The maximum absolute atomic E-state index is 12.9. The minimum Gasteiger partial charge on any atom is -0.338 e. The SMILES string of the molecule is O=C(c1ccccc1)N1CCc2nnc(C3CCN(C(=O)c4ccccc4)C3)n2CC1. The highest BCUT2D eigenvalue weighted by molar-refractivity contribution is 5.94. The van der Waals surface area contributed by atoms with Crippen LogP contribution >= 0.6 is 0 Å². The standard InChI is InChI=1S/C24H25N5O2/c30-23(18-7-3-1-4-8-18)27-14-12-21-25-26-22(29(21)16-15-27)20-11-13-28(17-20)24(31)19-9-5-2-6-10-19/h1-10,20H,11-17H2. The Hall–Kier alpha value is -3.48. The number of nitrogens with zero attached hydrogens (tertiary/aromatic N) is 5. The van der Waals surface area contributed by atoms with E-state index in [9.17, 15) is 9.59 Å². The first kappa shape index (κ1) is 19.5. The lowest BCUT2D eigenvalue weighted by molar-refractivity contribution is 0.0756. The zero-order chi connectivity index (χ0) is 21.2. The van der Waals surface area contributed by atoms with Crippen LogP contribution < -0.4 is 0 Å². The normalized spacial score (nSPS) is 18.5. The molecule has 1 fully saturated rings. The van der Waals surface area contributed by atoms with Crippen LogP contribution in [0.2, 0.25) is 0 Å². The van der Waals surface area contributed by atoms with Crippen molar-refractivity contribution in [2.75, 3.05) is 26.2 Å². The minimum absolute atomic E-state index is 0.0568. The van der Waals surface area contributed by atoms with E-state index in [2.05, 4.69) is 14.8 Å². The quantitative estimate of drug-likeness (QED) is 0.659. The van der Waals surface area contributed by atoms with Gasteiger partial charge in [-0.1, -0.05) is 36.4 Å². The molecule has 7 nitrogen and oxygen atoms in total. The molecule has 158 valence electrons. The van der Waals surface area contributed by atoms with Gasteiger partial charge in [0.25, 0.3) is 11.8 Å². The van der Waals surface area contributed by atoms with Crippen LogP contribution in [0.4, 0.5) is 0 Å². The summed E-state index contributed by atoms with van der Waals surface area (Å²) in [5.74, 6) is 2.16. The first-order chi connectivity index (χ1) is 15.2. The maximum Gasteiger partial charge on any atom is 0.253 e. The zero-order valence-corrected chi connectivity index (χ0v) is 17.4. The highest BCUT2D eigenvalue weighted by Crippen LogP contribution is 2.28. The monoisotopic (exact) mass is 415 g/mol. The Morgan fingerprint density at radius 2 is 1.39 bits per heavy atom. The number of amides is 2. The summed E-state index contributed by atoms with van der Waals surface area (Å²) in [6, 6.07) is 18.8. The Kier molecular flexibility index (Phi) is 5.24. The lowest BCUT2D eigenvalue weighted by atomic mass is 10.1. The molecule has 31 heavy (non-hydrogen) atoms. The van der Waals surface area contributed by atoms with Crippen molar-refractivity contribution >= 4 is 11.8 Å². The summed E-state index contributed by atoms with van der Waals surface area (Å²) >= 11 is 0.